The summed E-state index contributed by atoms with van der Waals surface area (Å²) < 4.78 is 0. The Kier molecular flexibility index (Phi) is 4.14. The molecule has 1 unspecified atom stereocenters. The van der Waals surface area contributed by atoms with Crippen molar-refractivity contribution in [3.05, 3.63) is 35.9 Å². The van der Waals surface area contributed by atoms with Crippen molar-refractivity contribution < 1.29 is 19.5 Å². The van der Waals surface area contributed by atoms with Gasteiger partial charge in [-0.25, -0.2) is 4.79 Å². The maximum atomic E-state index is 11.9. The van der Waals surface area contributed by atoms with Crippen LogP contribution in [-0.4, -0.2) is 28.9 Å². The van der Waals surface area contributed by atoms with E-state index in [2.05, 4.69) is 10.6 Å². The summed E-state index contributed by atoms with van der Waals surface area (Å²) in [5, 5.41) is 13.8. The molecule has 1 heterocycles. The predicted octanol–water partition coefficient (Wildman–Crippen LogP) is 1.00. The van der Waals surface area contributed by atoms with E-state index in [1.54, 1.807) is 24.3 Å². The van der Waals surface area contributed by atoms with Gasteiger partial charge < -0.3 is 15.7 Å². The van der Waals surface area contributed by atoms with Crippen LogP contribution >= 0.6 is 0 Å². The summed E-state index contributed by atoms with van der Waals surface area (Å²) >= 11 is 0. The second-order valence-corrected chi connectivity index (χ2v) is 4.45. The van der Waals surface area contributed by atoms with Crippen LogP contribution in [0.4, 0.5) is 5.69 Å². The van der Waals surface area contributed by atoms with Crippen LogP contribution in [-0.2, 0) is 14.4 Å². The first-order valence-corrected chi connectivity index (χ1v) is 6.16. The van der Waals surface area contributed by atoms with Crippen LogP contribution in [0.2, 0.25) is 0 Å². The van der Waals surface area contributed by atoms with E-state index >= 15 is 0 Å². The van der Waals surface area contributed by atoms with Crippen molar-refractivity contribution >= 4 is 29.5 Å². The molecule has 6 nitrogen and oxygen atoms in total. The van der Waals surface area contributed by atoms with E-state index in [9.17, 15) is 14.4 Å². The second kappa shape index (κ2) is 6.01. The highest BCUT2D eigenvalue weighted by molar-refractivity contribution is 5.99. The Bertz CT molecular complexity index is 580. The van der Waals surface area contributed by atoms with E-state index in [0.29, 0.717) is 24.1 Å². The zero-order chi connectivity index (χ0) is 14.5. The number of benzene rings is 1. The van der Waals surface area contributed by atoms with Crippen LogP contribution in [0.5, 0.6) is 0 Å². The summed E-state index contributed by atoms with van der Waals surface area (Å²) in [6.07, 6.45) is 3.32. The lowest BCUT2D eigenvalue weighted by molar-refractivity contribution is -0.131. The molecule has 1 aliphatic heterocycles. The number of rotatable bonds is 4. The molecule has 3 N–H and O–H groups in total. The van der Waals surface area contributed by atoms with Crippen LogP contribution in [0.15, 0.2) is 30.3 Å². The molecule has 0 aromatic heterocycles. The molecule has 1 atom stereocenters. The highest BCUT2D eigenvalue weighted by atomic mass is 16.4. The topological polar surface area (TPSA) is 95.5 Å². The number of carbonyl (C=O) groups excluding carboxylic acids is 2. The number of carboxylic acid groups (broad SMARTS) is 1. The van der Waals surface area contributed by atoms with Crippen molar-refractivity contribution in [3.63, 3.8) is 0 Å². The Balaban J connectivity index is 2.02. The van der Waals surface area contributed by atoms with E-state index in [1.807, 2.05) is 0 Å². The van der Waals surface area contributed by atoms with Crippen LogP contribution in [0.1, 0.15) is 18.4 Å². The van der Waals surface area contributed by atoms with Crippen LogP contribution in [0.3, 0.4) is 0 Å². The fourth-order valence-corrected chi connectivity index (χ4v) is 1.93. The lowest BCUT2D eigenvalue weighted by Crippen LogP contribution is -2.37. The first kappa shape index (κ1) is 13.8. The molecule has 1 saturated heterocycles. The third kappa shape index (κ3) is 3.68. The highest BCUT2D eigenvalue weighted by Gasteiger charge is 2.26. The maximum absolute atomic E-state index is 11.9. The number of carboxylic acids is 1. The minimum Gasteiger partial charge on any atom is -0.478 e. The Morgan fingerprint density at radius 1 is 1.40 bits per heavy atom. The highest BCUT2D eigenvalue weighted by Crippen LogP contribution is 2.14. The molecule has 0 saturated carbocycles. The third-order valence-electron chi connectivity index (χ3n) is 2.88. The van der Waals surface area contributed by atoms with E-state index in [-0.39, 0.29) is 11.8 Å². The Labute approximate surface area is 115 Å². The van der Waals surface area contributed by atoms with Gasteiger partial charge in [-0.2, -0.15) is 0 Å². The molecule has 0 bridgehead atoms. The monoisotopic (exact) mass is 274 g/mol. The summed E-state index contributed by atoms with van der Waals surface area (Å²) in [5.74, 6) is -1.42. The van der Waals surface area contributed by atoms with Gasteiger partial charge in [-0.15, -0.1) is 0 Å². The van der Waals surface area contributed by atoms with Gasteiger partial charge in [0.05, 0.1) is 0 Å². The average molecular weight is 274 g/mol. The first-order chi connectivity index (χ1) is 9.54. The van der Waals surface area contributed by atoms with Crippen molar-refractivity contribution in [3.8, 4) is 0 Å². The van der Waals surface area contributed by atoms with Gasteiger partial charge in [0, 0.05) is 18.2 Å². The van der Waals surface area contributed by atoms with Gasteiger partial charge >= 0.3 is 5.97 Å². The molecule has 1 aromatic carbocycles. The summed E-state index contributed by atoms with van der Waals surface area (Å²) in [6, 6.07) is 6.30. The zero-order valence-corrected chi connectivity index (χ0v) is 10.6. The molecular formula is C14H14N2O4. The summed E-state index contributed by atoms with van der Waals surface area (Å²) in [5.41, 5.74) is 1.23. The van der Waals surface area contributed by atoms with Crippen LogP contribution in [0, 0.1) is 0 Å². The molecule has 1 aliphatic rings. The average Bonchev–Trinajstić information content (AvgIpc) is 2.84. The van der Waals surface area contributed by atoms with Gasteiger partial charge in [0.25, 0.3) is 0 Å². The number of anilines is 1. The minimum atomic E-state index is -1.03. The van der Waals surface area contributed by atoms with Crippen molar-refractivity contribution in [2.24, 2.45) is 0 Å². The predicted molar refractivity (Wildman–Crippen MR) is 72.9 cm³/mol. The Morgan fingerprint density at radius 3 is 2.85 bits per heavy atom. The number of amides is 2. The first-order valence-electron chi connectivity index (χ1n) is 6.16. The molecular weight excluding hydrogens is 260 g/mol. The van der Waals surface area contributed by atoms with E-state index in [0.717, 1.165) is 6.08 Å². The smallest absolute Gasteiger partial charge is 0.328 e. The van der Waals surface area contributed by atoms with Crippen molar-refractivity contribution in [2.75, 3.05) is 5.32 Å². The molecule has 20 heavy (non-hydrogen) atoms. The Hall–Kier alpha value is -2.63. The van der Waals surface area contributed by atoms with Crippen LogP contribution < -0.4 is 10.6 Å². The van der Waals surface area contributed by atoms with Gasteiger partial charge in [0.2, 0.25) is 11.8 Å². The van der Waals surface area contributed by atoms with Crippen LogP contribution in [0.25, 0.3) is 6.08 Å². The zero-order valence-electron chi connectivity index (χ0n) is 10.6. The molecule has 0 spiro atoms. The fraction of sp³-hybridized carbons (Fsp3) is 0.214. The van der Waals surface area contributed by atoms with Gasteiger partial charge in [0.1, 0.15) is 6.04 Å². The largest absolute Gasteiger partial charge is 0.478 e. The van der Waals surface area contributed by atoms with Gasteiger partial charge in [-0.3, -0.25) is 9.59 Å². The fourth-order valence-electron chi connectivity index (χ4n) is 1.93. The Morgan fingerprint density at radius 2 is 2.20 bits per heavy atom. The minimum absolute atomic E-state index is 0.122. The lowest BCUT2D eigenvalue weighted by Gasteiger charge is -2.11. The van der Waals surface area contributed by atoms with Crippen molar-refractivity contribution in [1.29, 1.82) is 0 Å². The van der Waals surface area contributed by atoms with Gasteiger partial charge in [-0.05, 0) is 30.2 Å². The standard InChI is InChI=1S/C14H14N2O4/c17-12-6-5-11(16-12)14(20)15-10-3-1-2-9(8-10)4-7-13(18)19/h1-4,7-8,11H,5-6H2,(H,15,20)(H,16,17)(H,18,19). The molecule has 0 aliphatic carbocycles. The molecule has 0 radical (unpaired) electrons. The molecule has 1 aromatic rings. The molecule has 6 heteroatoms. The third-order valence-corrected chi connectivity index (χ3v) is 2.88. The molecule has 2 rings (SSSR count). The number of hydrogen-bond acceptors (Lipinski definition) is 3. The van der Waals surface area contributed by atoms with Gasteiger partial charge in [-0.1, -0.05) is 12.1 Å². The van der Waals surface area contributed by atoms with Gasteiger partial charge in [0.15, 0.2) is 0 Å². The van der Waals surface area contributed by atoms with Crippen molar-refractivity contribution in [2.45, 2.75) is 18.9 Å². The lowest BCUT2D eigenvalue weighted by atomic mass is 10.1. The number of carbonyl (C=O) groups is 3. The second-order valence-electron chi connectivity index (χ2n) is 4.45. The number of aliphatic carboxylic acids is 1. The number of hydrogen-bond donors (Lipinski definition) is 3. The summed E-state index contributed by atoms with van der Waals surface area (Å²) in [4.78, 5) is 33.4. The summed E-state index contributed by atoms with van der Waals surface area (Å²) in [6.45, 7) is 0. The maximum Gasteiger partial charge on any atom is 0.328 e. The normalized spacial score (nSPS) is 18.0. The quantitative estimate of drug-likeness (QED) is 0.714. The SMILES string of the molecule is O=C(O)C=Cc1cccc(NC(=O)C2CCC(=O)N2)c1. The molecule has 104 valence electrons. The van der Waals surface area contributed by atoms with Crippen molar-refractivity contribution in [1.82, 2.24) is 5.32 Å². The molecule has 2 amide bonds. The van der Waals surface area contributed by atoms with E-state index < -0.39 is 12.0 Å². The van der Waals surface area contributed by atoms with E-state index in [4.69, 9.17) is 5.11 Å². The van der Waals surface area contributed by atoms with E-state index in [1.165, 1.54) is 6.08 Å². The summed E-state index contributed by atoms with van der Waals surface area (Å²) in [7, 11) is 0. The number of nitrogens with one attached hydrogen (secondary N) is 2. The molecule has 1 fully saturated rings.